The molecule has 3 aliphatic rings. The number of piperazine rings is 1. The van der Waals surface area contributed by atoms with E-state index in [1.165, 1.54) is 0 Å². The van der Waals surface area contributed by atoms with Crippen molar-refractivity contribution in [1.82, 2.24) is 10.0 Å². The summed E-state index contributed by atoms with van der Waals surface area (Å²) in [5, 5.41) is 12.7. The Labute approximate surface area is 186 Å². The normalized spacial score (nSPS) is 24.7. The van der Waals surface area contributed by atoms with Crippen LogP contribution in [0.4, 0.5) is 0 Å². The van der Waals surface area contributed by atoms with E-state index in [2.05, 4.69) is 10.2 Å². The van der Waals surface area contributed by atoms with Crippen LogP contribution < -0.4 is 0 Å². The van der Waals surface area contributed by atoms with Crippen LogP contribution >= 0.6 is 0 Å². The molecule has 2 aromatic rings. The Kier molecular flexibility index (Phi) is 5.13. The lowest BCUT2D eigenvalue weighted by molar-refractivity contribution is -0.175. The molecule has 32 heavy (non-hydrogen) atoms. The number of rotatable bonds is 4. The van der Waals surface area contributed by atoms with Gasteiger partial charge in [0.15, 0.2) is 12.1 Å². The first kappa shape index (κ1) is 20.2. The molecule has 3 heterocycles. The fourth-order valence-electron chi connectivity index (χ4n) is 4.82. The first-order chi connectivity index (χ1) is 15.7. The van der Waals surface area contributed by atoms with Crippen molar-refractivity contribution in [3.05, 3.63) is 70.8 Å². The molecule has 0 unspecified atom stereocenters. The van der Waals surface area contributed by atoms with Gasteiger partial charge in [0, 0.05) is 0 Å². The van der Waals surface area contributed by atoms with Gasteiger partial charge in [-0.1, -0.05) is 48.5 Å². The van der Waals surface area contributed by atoms with E-state index < -0.39 is 36.1 Å². The molecule has 8 nitrogen and oxygen atoms in total. The number of hydrogen-bond donors (Lipinski definition) is 0. The van der Waals surface area contributed by atoms with Crippen LogP contribution in [-0.4, -0.2) is 59.7 Å². The molecular weight excluding hydrogens is 408 g/mol. The topological polar surface area (TPSA) is 83.8 Å². The predicted octanol–water partition coefficient (Wildman–Crippen LogP) is 2.65. The Morgan fingerprint density at radius 3 is 1.56 bits per heavy atom. The summed E-state index contributed by atoms with van der Waals surface area (Å²) in [5.41, 5.74) is 3.57. The van der Waals surface area contributed by atoms with Crippen LogP contribution in [0.3, 0.4) is 0 Å². The van der Waals surface area contributed by atoms with Crippen LogP contribution in [0.1, 0.15) is 48.2 Å². The van der Waals surface area contributed by atoms with Gasteiger partial charge in [-0.05, 0) is 36.1 Å². The van der Waals surface area contributed by atoms with Crippen molar-refractivity contribution < 1.29 is 19.1 Å². The third-order valence-electron chi connectivity index (χ3n) is 6.08. The first-order valence-corrected chi connectivity index (χ1v) is 10.8. The number of esters is 2. The van der Waals surface area contributed by atoms with Gasteiger partial charge in [0.1, 0.15) is 12.1 Å². The van der Waals surface area contributed by atoms with Gasteiger partial charge in [0.25, 0.3) is 0 Å². The van der Waals surface area contributed by atoms with E-state index in [0.29, 0.717) is 0 Å². The highest BCUT2D eigenvalue weighted by atomic mass is 16.5. The van der Waals surface area contributed by atoms with E-state index in [1.54, 1.807) is 36.3 Å². The monoisotopic (exact) mass is 432 g/mol. The van der Waals surface area contributed by atoms with E-state index in [9.17, 15) is 9.59 Å². The summed E-state index contributed by atoms with van der Waals surface area (Å²) in [6, 6.07) is 12.8. The van der Waals surface area contributed by atoms with Gasteiger partial charge in [-0.2, -0.15) is 10.2 Å². The summed E-state index contributed by atoms with van der Waals surface area (Å²) in [6.07, 6.45) is 3.46. The zero-order chi connectivity index (χ0) is 22.2. The predicted molar refractivity (Wildman–Crippen MR) is 118 cm³/mol. The van der Waals surface area contributed by atoms with Crippen molar-refractivity contribution in [2.24, 2.45) is 10.2 Å². The van der Waals surface area contributed by atoms with Crippen molar-refractivity contribution in [2.45, 2.75) is 38.0 Å². The third kappa shape index (κ3) is 3.05. The van der Waals surface area contributed by atoms with Crippen molar-refractivity contribution in [1.29, 1.82) is 0 Å². The zero-order valence-electron chi connectivity index (χ0n) is 17.9. The SMILES string of the molecule is CCOC(=O)[C@H]1[C@H]2c3ccccc3C=NN2[C@@H](C(=O)OCC)[C@H]2c3ccccc3C=NN21. The molecule has 3 aliphatic heterocycles. The highest BCUT2D eigenvalue weighted by Gasteiger charge is 2.57. The molecule has 0 aliphatic carbocycles. The molecule has 8 heteroatoms. The summed E-state index contributed by atoms with van der Waals surface area (Å²) in [7, 11) is 0. The number of hydrogen-bond acceptors (Lipinski definition) is 8. The summed E-state index contributed by atoms with van der Waals surface area (Å²) in [4.78, 5) is 26.6. The summed E-state index contributed by atoms with van der Waals surface area (Å²) in [6.45, 7) is 4.04. The molecule has 0 bridgehead atoms. The van der Waals surface area contributed by atoms with Crippen molar-refractivity contribution in [3.8, 4) is 0 Å². The second-order valence-electron chi connectivity index (χ2n) is 7.79. The molecule has 4 atom stereocenters. The minimum Gasteiger partial charge on any atom is -0.464 e. The Morgan fingerprint density at radius 1 is 0.750 bits per heavy atom. The van der Waals surface area contributed by atoms with Gasteiger partial charge >= 0.3 is 11.9 Å². The van der Waals surface area contributed by atoms with Gasteiger partial charge < -0.3 is 9.47 Å². The maximum absolute atomic E-state index is 13.3. The molecule has 0 aromatic heterocycles. The largest absolute Gasteiger partial charge is 0.464 e. The van der Waals surface area contributed by atoms with Crippen LogP contribution in [0.15, 0.2) is 58.7 Å². The molecule has 2 aromatic carbocycles. The highest BCUT2D eigenvalue weighted by molar-refractivity contribution is 5.89. The van der Waals surface area contributed by atoms with E-state index in [-0.39, 0.29) is 13.2 Å². The number of fused-ring (bicyclic) bond motifs is 6. The van der Waals surface area contributed by atoms with Gasteiger partial charge in [-0.3, -0.25) is 10.0 Å². The number of benzene rings is 2. The summed E-state index contributed by atoms with van der Waals surface area (Å²) >= 11 is 0. The first-order valence-electron chi connectivity index (χ1n) is 10.8. The Balaban J connectivity index is 1.72. The van der Waals surface area contributed by atoms with Crippen molar-refractivity contribution in [2.75, 3.05) is 13.2 Å². The van der Waals surface area contributed by atoms with Crippen LogP contribution in [0.5, 0.6) is 0 Å². The number of ether oxygens (including phenoxy) is 2. The maximum Gasteiger partial charge on any atom is 0.333 e. The number of carbonyl (C=O) groups is 2. The third-order valence-corrected chi connectivity index (χ3v) is 6.08. The van der Waals surface area contributed by atoms with Gasteiger partial charge in [-0.15, -0.1) is 0 Å². The lowest BCUT2D eigenvalue weighted by Gasteiger charge is -2.53. The molecule has 164 valence electrons. The zero-order valence-corrected chi connectivity index (χ0v) is 17.9. The van der Waals surface area contributed by atoms with Crippen LogP contribution in [0.25, 0.3) is 0 Å². The molecule has 1 saturated heterocycles. The Hall–Kier alpha value is -3.68. The Morgan fingerprint density at radius 2 is 1.16 bits per heavy atom. The van der Waals surface area contributed by atoms with Crippen LogP contribution in [0, 0.1) is 0 Å². The molecule has 0 radical (unpaired) electrons. The lowest BCUT2D eigenvalue weighted by Crippen LogP contribution is -2.64. The van der Waals surface area contributed by atoms with Crippen molar-refractivity contribution in [3.63, 3.8) is 0 Å². The van der Waals surface area contributed by atoms with Crippen LogP contribution in [-0.2, 0) is 19.1 Å². The molecule has 0 saturated carbocycles. The second-order valence-corrected chi connectivity index (χ2v) is 7.79. The molecule has 5 rings (SSSR count). The quantitative estimate of drug-likeness (QED) is 0.691. The maximum atomic E-state index is 13.3. The average molecular weight is 432 g/mol. The standard InChI is InChI=1S/C24H24N4O4/c1-3-31-23(29)21-19-17-11-7-5-9-15(17)14-26-28(19)22(24(30)32-4-2)20-18-12-8-6-10-16(18)13-25-27(20)21/h5-14,19-22H,3-4H2,1-2H3/t19-,20-,21-,22-/m1/s1. The van der Waals surface area contributed by atoms with E-state index >= 15 is 0 Å². The van der Waals surface area contributed by atoms with Gasteiger partial charge in [0.05, 0.1) is 25.6 Å². The number of nitrogens with zero attached hydrogens (tertiary/aromatic N) is 4. The van der Waals surface area contributed by atoms with E-state index in [1.807, 2.05) is 48.5 Å². The number of hydrazone groups is 2. The molecule has 1 fully saturated rings. The van der Waals surface area contributed by atoms with Crippen LogP contribution in [0.2, 0.25) is 0 Å². The van der Waals surface area contributed by atoms with E-state index in [4.69, 9.17) is 9.47 Å². The fraction of sp³-hybridized carbons (Fsp3) is 0.333. The molecular formula is C24H24N4O4. The fourth-order valence-corrected chi connectivity index (χ4v) is 4.82. The summed E-state index contributed by atoms with van der Waals surface area (Å²) < 4.78 is 11.0. The average Bonchev–Trinajstić information content (AvgIpc) is 2.82. The lowest BCUT2D eigenvalue weighted by atomic mass is 9.83. The minimum absolute atomic E-state index is 0.243. The smallest absolute Gasteiger partial charge is 0.333 e. The minimum atomic E-state index is -0.783. The molecule has 0 N–H and O–H groups in total. The molecule has 0 amide bonds. The Bertz CT molecular complexity index is 1030. The van der Waals surface area contributed by atoms with E-state index in [0.717, 1.165) is 22.3 Å². The van der Waals surface area contributed by atoms with Gasteiger partial charge in [-0.25, -0.2) is 9.59 Å². The molecule has 0 spiro atoms. The summed E-state index contributed by atoms with van der Waals surface area (Å²) in [5.74, 6) is -0.809. The number of carbonyl (C=O) groups excluding carboxylic acids is 2. The van der Waals surface area contributed by atoms with Crippen molar-refractivity contribution >= 4 is 24.4 Å². The van der Waals surface area contributed by atoms with Gasteiger partial charge in [0.2, 0.25) is 0 Å². The second kappa shape index (κ2) is 8.11. The highest BCUT2D eigenvalue weighted by Crippen LogP contribution is 2.48.